The van der Waals surface area contributed by atoms with Crippen molar-refractivity contribution in [2.24, 2.45) is 0 Å². The smallest absolute Gasteiger partial charge is 0.345 e. The summed E-state index contributed by atoms with van der Waals surface area (Å²) in [5.41, 5.74) is 1.10. The highest BCUT2D eigenvalue weighted by atomic mass is 16.4. The molecule has 4 nitrogen and oxygen atoms in total. The monoisotopic (exact) mass is 263 g/mol. The fourth-order valence-corrected chi connectivity index (χ4v) is 2.45. The summed E-state index contributed by atoms with van der Waals surface area (Å²) in [6.45, 7) is 0. The molecule has 0 aliphatic rings. The van der Waals surface area contributed by atoms with Gasteiger partial charge in [0.05, 0.1) is 10.9 Å². The van der Waals surface area contributed by atoms with Crippen molar-refractivity contribution < 1.29 is 9.52 Å². The number of hydrogen-bond acceptors (Lipinski definition) is 4. The highest BCUT2D eigenvalue weighted by Gasteiger charge is 2.11. The van der Waals surface area contributed by atoms with Crippen molar-refractivity contribution in [2.45, 2.75) is 0 Å². The molecule has 0 aliphatic carbocycles. The molecule has 0 fully saturated rings. The fourth-order valence-electron chi connectivity index (χ4n) is 2.45. The van der Waals surface area contributed by atoms with E-state index in [1.165, 1.54) is 0 Å². The third-order valence-electron chi connectivity index (χ3n) is 3.39. The Morgan fingerprint density at radius 2 is 1.80 bits per heavy atom. The minimum Gasteiger partial charge on any atom is -0.506 e. The Kier molecular flexibility index (Phi) is 2.09. The minimum absolute atomic E-state index is 0.0988. The average Bonchev–Trinajstić information content (AvgIpc) is 2.47. The zero-order valence-corrected chi connectivity index (χ0v) is 10.3. The van der Waals surface area contributed by atoms with Crippen molar-refractivity contribution in [1.82, 2.24) is 4.98 Å². The van der Waals surface area contributed by atoms with Gasteiger partial charge in [-0.05, 0) is 24.3 Å². The number of rotatable bonds is 0. The van der Waals surface area contributed by atoms with Gasteiger partial charge in [-0.2, -0.15) is 0 Å². The first-order valence-electron chi connectivity index (χ1n) is 6.18. The molecule has 0 amide bonds. The molecule has 1 N–H and O–H groups in total. The molecule has 4 heteroatoms. The largest absolute Gasteiger partial charge is 0.506 e. The van der Waals surface area contributed by atoms with E-state index in [4.69, 9.17) is 4.42 Å². The molecule has 2 heterocycles. The first kappa shape index (κ1) is 11.0. The maximum Gasteiger partial charge on any atom is 0.345 e. The van der Waals surface area contributed by atoms with E-state index in [0.717, 1.165) is 5.39 Å². The summed E-state index contributed by atoms with van der Waals surface area (Å²) in [5, 5.41) is 11.8. The van der Waals surface area contributed by atoms with Gasteiger partial charge < -0.3 is 9.52 Å². The van der Waals surface area contributed by atoms with Crippen molar-refractivity contribution in [2.75, 3.05) is 0 Å². The van der Waals surface area contributed by atoms with E-state index in [1.54, 1.807) is 36.4 Å². The molecule has 0 saturated carbocycles. The van der Waals surface area contributed by atoms with Crippen LogP contribution in [0.15, 0.2) is 57.7 Å². The molecule has 0 radical (unpaired) electrons. The van der Waals surface area contributed by atoms with Gasteiger partial charge in [0.1, 0.15) is 16.8 Å². The summed E-state index contributed by atoms with van der Waals surface area (Å²) in [6.07, 6.45) is 0. The van der Waals surface area contributed by atoms with Gasteiger partial charge in [0.15, 0.2) is 0 Å². The number of phenols is 1. The van der Waals surface area contributed by atoms with E-state index < -0.39 is 5.63 Å². The van der Waals surface area contributed by atoms with Gasteiger partial charge in [-0.15, -0.1) is 0 Å². The molecule has 0 bridgehead atoms. The summed E-state index contributed by atoms with van der Waals surface area (Å²) in [5.74, 6) is 0.0988. The van der Waals surface area contributed by atoms with Crippen LogP contribution in [0.1, 0.15) is 0 Å². The number of phenolic OH excluding ortho intramolecular Hbond substituents is 1. The number of nitrogens with zero attached hydrogens (tertiary/aromatic N) is 1. The van der Waals surface area contributed by atoms with Crippen molar-refractivity contribution in [1.29, 1.82) is 0 Å². The number of pyridine rings is 1. The van der Waals surface area contributed by atoms with E-state index in [-0.39, 0.29) is 5.75 Å². The number of benzene rings is 2. The lowest BCUT2D eigenvalue weighted by atomic mass is 10.1. The van der Waals surface area contributed by atoms with Crippen LogP contribution in [0.3, 0.4) is 0 Å². The van der Waals surface area contributed by atoms with E-state index in [0.29, 0.717) is 27.4 Å². The average molecular weight is 263 g/mol. The molecule has 4 rings (SSSR count). The van der Waals surface area contributed by atoms with E-state index in [2.05, 4.69) is 4.98 Å². The normalized spacial score (nSPS) is 11.4. The Labute approximate surface area is 112 Å². The van der Waals surface area contributed by atoms with Gasteiger partial charge in [-0.25, -0.2) is 9.78 Å². The highest BCUT2D eigenvalue weighted by Crippen LogP contribution is 2.28. The molecule has 0 spiro atoms. The maximum atomic E-state index is 12.1. The van der Waals surface area contributed by atoms with Gasteiger partial charge in [0.25, 0.3) is 0 Å². The lowest BCUT2D eigenvalue weighted by Gasteiger charge is -2.05. The number of fused-ring (bicyclic) bond motifs is 4. The van der Waals surface area contributed by atoms with Gasteiger partial charge in [0, 0.05) is 10.8 Å². The van der Waals surface area contributed by atoms with Crippen molar-refractivity contribution in [3.8, 4) is 5.75 Å². The van der Waals surface area contributed by atoms with Crippen molar-refractivity contribution in [3.05, 3.63) is 59.0 Å². The van der Waals surface area contributed by atoms with Crippen LogP contribution in [0.5, 0.6) is 5.75 Å². The third kappa shape index (κ3) is 1.42. The Balaban J connectivity index is 2.34. The van der Waals surface area contributed by atoms with Gasteiger partial charge in [-0.1, -0.05) is 24.3 Å². The second-order valence-electron chi connectivity index (χ2n) is 4.62. The van der Waals surface area contributed by atoms with Crippen LogP contribution in [0.25, 0.3) is 32.8 Å². The van der Waals surface area contributed by atoms with E-state index in [9.17, 15) is 9.90 Å². The summed E-state index contributed by atoms with van der Waals surface area (Å²) in [7, 11) is 0. The molecule has 2 aromatic carbocycles. The number of aromatic nitrogens is 1. The molecule has 2 aromatic heterocycles. The maximum absolute atomic E-state index is 12.1. The lowest BCUT2D eigenvalue weighted by molar-refractivity contribution is 0.480. The van der Waals surface area contributed by atoms with E-state index >= 15 is 0 Å². The van der Waals surface area contributed by atoms with Gasteiger partial charge in [0.2, 0.25) is 0 Å². The number of hydrogen-bond donors (Lipinski definition) is 1. The molecular formula is C16H9NO3. The second kappa shape index (κ2) is 3.81. The quantitative estimate of drug-likeness (QED) is 0.300. The van der Waals surface area contributed by atoms with Crippen LogP contribution in [-0.2, 0) is 0 Å². The first-order chi connectivity index (χ1) is 9.74. The molecule has 4 aromatic rings. The topological polar surface area (TPSA) is 63.3 Å². The fraction of sp³-hybridized carbons (Fsp3) is 0. The summed E-state index contributed by atoms with van der Waals surface area (Å²) in [4.78, 5) is 16.5. The molecule has 0 aliphatic heterocycles. The van der Waals surface area contributed by atoms with Crippen molar-refractivity contribution >= 4 is 32.8 Å². The highest BCUT2D eigenvalue weighted by molar-refractivity contribution is 6.06. The van der Waals surface area contributed by atoms with Crippen LogP contribution in [0, 0.1) is 0 Å². The SMILES string of the molecule is O=c1oc2ccccc2c2nc3c(O)cccc3cc12. The van der Waals surface area contributed by atoms with Crippen LogP contribution < -0.4 is 5.63 Å². The Morgan fingerprint density at radius 1 is 0.950 bits per heavy atom. The third-order valence-corrected chi connectivity index (χ3v) is 3.39. The van der Waals surface area contributed by atoms with Gasteiger partial charge >= 0.3 is 5.63 Å². The van der Waals surface area contributed by atoms with Crippen LogP contribution in [0.2, 0.25) is 0 Å². The summed E-state index contributed by atoms with van der Waals surface area (Å²) in [6, 6.07) is 14.0. The Morgan fingerprint density at radius 3 is 2.70 bits per heavy atom. The number of aromatic hydroxyl groups is 1. The molecule has 20 heavy (non-hydrogen) atoms. The minimum atomic E-state index is -0.420. The van der Waals surface area contributed by atoms with Crippen molar-refractivity contribution in [3.63, 3.8) is 0 Å². The molecule has 96 valence electrons. The van der Waals surface area contributed by atoms with Crippen LogP contribution >= 0.6 is 0 Å². The molecule has 0 saturated heterocycles. The molecular weight excluding hydrogens is 254 g/mol. The molecule has 0 atom stereocenters. The molecule has 0 unspecified atom stereocenters. The zero-order chi connectivity index (χ0) is 13.7. The lowest BCUT2D eigenvalue weighted by Crippen LogP contribution is -2.01. The van der Waals surface area contributed by atoms with Gasteiger partial charge in [-0.3, -0.25) is 0 Å². The van der Waals surface area contributed by atoms with Crippen LogP contribution in [-0.4, -0.2) is 10.1 Å². The predicted molar refractivity (Wildman–Crippen MR) is 77.0 cm³/mol. The standard InChI is InChI=1S/C16H9NO3/c18-12-6-3-4-9-8-11-15(17-14(9)12)10-5-1-2-7-13(10)20-16(11)19/h1-8,18H. The zero-order valence-electron chi connectivity index (χ0n) is 10.3. The van der Waals surface area contributed by atoms with E-state index in [1.807, 2.05) is 12.1 Å². The Bertz CT molecular complexity index is 1030. The predicted octanol–water partition coefficient (Wildman–Crippen LogP) is 3.20. The second-order valence-corrected chi connectivity index (χ2v) is 4.62. The Hall–Kier alpha value is -2.88. The summed E-state index contributed by atoms with van der Waals surface area (Å²) >= 11 is 0. The first-order valence-corrected chi connectivity index (χ1v) is 6.18. The van der Waals surface area contributed by atoms with Crippen LogP contribution in [0.4, 0.5) is 0 Å². The number of para-hydroxylation sites is 2. The summed E-state index contributed by atoms with van der Waals surface area (Å²) < 4.78 is 5.30.